The molecule has 2 aliphatic rings. The van der Waals surface area contributed by atoms with Gasteiger partial charge < -0.3 is 9.80 Å². The minimum absolute atomic E-state index is 0.155. The molecule has 0 N–H and O–H groups in total. The van der Waals surface area contributed by atoms with Crippen molar-refractivity contribution in [2.45, 2.75) is 46.7 Å². The molecular weight excluding hydrogens is 416 g/mol. The molecule has 6 rings (SSSR count). The highest BCUT2D eigenvalue weighted by Crippen LogP contribution is 2.32. The highest BCUT2D eigenvalue weighted by molar-refractivity contribution is 5.62. The summed E-state index contributed by atoms with van der Waals surface area (Å²) in [4.78, 5) is 26.3. The van der Waals surface area contributed by atoms with Crippen LogP contribution in [0.25, 0.3) is 5.65 Å². The molecule has 9 nitrogen and oxygen atoms in total. The molecule has 168 valence electrons. The number of aryl methyl sites for hydroxylation is 4. The molecule has 0 aliphatic carbocycles. The van der Waals surface area contributed by atoms with Crippen molar-refractivity contribution < 1.29 is 0 Å². The topological polar surface area (TPSA) is 84.5 Å². The van der Waals surface area contributed by atoms with Crippen LogP contribution in [0, 0.1) is 20.8 Å². The van der Waals surface area contributed by atoms with Gasteiger partial charge in [-0.05, 0) is 50.5 Å². The van der Waals surface area contributed by atoms with Gasteiger partial charge in [-0.2, -0.15) is 9.61 Å². The van der Waals surface area contributed by atoms with E-state index in [0.717, 1.165) is 66.8 Å². The Morgan fingerprint density at radius 2 is 1.82 bits per heavy atom. The first-order valence-electron chi connectivity index (χ1n) is 11.4. The summed E-state index contributed by atoms with van der Waals surface area (Å²) in [6.07, 6.45) is 3.88. The van der Waals surface area contributed by atoms with Gasteiger partial charge >= 0.3 is 0 Å². The Morgan fingerprint density at radius 3 is 2.70 bits per heavy atom. The largest absolute Gasteiger partial charge is 0.350 e. The summed E-state index contributed by atoms with van der Waals surface area (Å²) in [6.45, 7) is 9.31. The van der Waals surface area contributed by atoms with Crippen LogP contribution in [-0.4, -0.2) is 42.5 Å². The Bertz CT molecular complexity index is 1450. The molecule has 0 amide bonds. The first-order valence-corrected chi connectivity index (χ1v) is 11.4. The van der Waals surface area contributed by atoms with Crippen LogP contribution in [0.15, 0.2) is 35.3 Å². The maximum atomic E-state index is 12.5. The number of fused-ring (bicyclic) bond motifs is 3. The SMILES string of the molecule is Cc1cc(=O)n2nc(N3CCc4ncc(N5CCCn6nc(C)cc65)cc4C3)c(C)cc2n1. The van der Waals surface area contributed by atoms with Crippen LogP contribution in [0.4, 0.5) is 17.3 Å². The van der Waals surface area contributed by atoms with Gasteiger partial charge in [0.25, 0.3) is 5.56 Å². The Labute approximate surface area is 191 Å². The zero-order chi connectivity index (χ0) is 22.7. The van der Waals surface area contributed by atoms with Crippen LogP contribution >= 0.6 is 0 Å². The molecule has 0 fully saturated rings. The molecule has 4 aromatic heterocycles. The third kappa shape index (κ3) is 3.35. The lowest BCUT2D eigenvalue weighted by Crippen LogP contribution is -2.34. The van der Waals surface area contributed by atoms with Crippen molar-refractivity contribution in [1.29, 1.82) is 0 Å². The van der Waals surface area contributed by atoms with Gasteiger partial charge in [0.2, 0.25) is 0 Å². The molecule has 0 radical (unpaired) electrons. The van der Waals surface area contributed by atoms with Crippen molar-refractivity contribution in [2.24, 2.45) is 0 Å². The van der Waals surface area contributed by atoms with E-state index in [-0.39, 0.29) is 5.56 Å². The molecule has 0 saturated carbocycles. The smallest absolute Gasteiger partial charge is 0.274 e. The van der Waals surface area contributed by atoms with Crippen molar-refractivity contribution in [3.05, 3.63) is 69.0 Å². The van der Waals surface area contributed by atoms with E-state index < -0.39 is 0 Å². The van der Waals surface area contributed by atoms with E-state index in [4.69, 9.17) is 4.98 Å². The van der Waals surface area contributed by atoms with Gasteiger partial charge in [-0.3, -0.25) is 9.78 Å². The zero-order valence-corrected chi connectivity index (χ0v) is 19.1. The molecule has 0 aromatic carbocycles. The lowest BCUT2D eigenvalue weighted by molar-refractivity contribution is 0.539. The summed E-state index contributed by atoms with van der Waals surface area (Å²) in [5.41, 5.74) is 6.59. The molecule has 0 unspecified atom stereocenters. The highest BCUT2D eigenvalue weighted by atomic mass is 16.1. The molecule has 9 heteroatoms. The number of hydrogen-bond donors (Lipinski definition) is 0. The van der Waals surface area contributed by atoms with Gasteiger partial charge in [-0.15, -0.1) is 5.10 Å². The Morgan fingerprint density at radius 1 is 0.939 bits per heavy atom. The quantitative estimate of drug-likeness (QED) is 0.472. The summed E-state index contributed by atoms with van der Waals surface area (Å²) in [5, 5.41) is 9.30. The number of pyridine rings is 1. The van der Waals surface area contributed by atoms with E-state index in [2.05, 4.69) is 41.8 Å². The van der Waals surface area contributed by atoms with Gasteiger partial charge in [0.15, 0.2) is 11.5 Å². The molecule has 4 aromatic rings. The fraction of sp³-hybridized carbons (Fsp3) is 0.375. The van der Waals surface area contributed by atoms with Gasteiger partial charge in [-0.25, -0.2) is 9.67 Å². The average Bonchev–Trinajstić information content (AvgIpc) is 3.18. The van der Waals surface area contributed by atoms with Crippen molar-refractivity contribution in [1.82, 2.24) is 29.4 Å². The second-order valence-corrected chi connectivity index (χ2v) is 9.00. The summed E-state index contributed by atoms with van der Waals surface area (Å²) >= 11 is 0. The zero-order valence-electron chi connectivity index (χ0n) is 19.1. The van der Waals surface area contributed by atoms with Crippen LogP contribution in [0.5, 0.6) is 0 Å². The van der Waals surface area contributed by atoms with Crippen LogP contribution in [0.3, 0.4) is 0 Å². The molecular formula is C24H26N8O. The van der Waals surface area contributed by atoms with E-state index in [1.165, 1.54) is 16.1 Å². The van der Waals surface area contributed by atoms with Crippen molar-refractivity contribution in [2.75, 3.05) is 22.9 Å². The molecule has 0 spiro atoms. The number of anilines is 3. The Kier molecular flexibility index (Phi) is 4.46. The third-order valence-corrected chi connectivity index (χ3v) is 6.49. The highest BCUT2D eigenvalue weighted by Gasteiger charge is 2.25. The summed E-state index contributed by atoms with van der Waals surface area (Å²) in [6, 6.07) is 7.85. The molecule has 0 bridgehead atoms. The van der Waals surface area contributed by atoms with Gasteiger partial charge in [-0.1, -0.05) is 0 Å². The van der Waals surface area contributed by atoms with Gasteiger partial charge in [0.1, 0.15) is 5.82 Å². The van der Waals surface area contributed by atoms with Crippen LogP contribution in [0.1, 0.15) is 34.6 Å². The van der Waals surface area contributed by atoms with E-state index in [0.29, 0.717) is 17.9 Å². The maximum absolute atomic E-state index is 12.5. The van der Waals surface area contributed by atoms with E-state index in [1.54, 1.807) is 0 Å². The average molecular weight is 443 g/mol. The second-order valence-electron chi connectivity index (χ2n) is 9.00. The lowest BCUT2D eigenvalue weighted by atomic mass is 10.0. The molecule has 0 atom stereocenters. The predicted molar refractivity (Wildman–Crippen MR) is 126 cm³/mol. The summed E-state index contributed by atoms with van der Waals surface area (Å²) in [5.74, 6) is 1.94. The third-order valence-electron chi connectivity index (χ3n) is 6.49. The van der Waals surface area contributed by atoms with Crippen LogP contribution in [-0.2, 0) is 19.5 Å². The lowest BCUT2D eigenvalue weighted by Gasteiger charge is -2.33. The van der Waals surface area contributed by atoms with Crippen molar-refractivity contribution in [3.63, 3.8) is 0 Å². The number of aromatic nitrogens is 6. The van der Waals surface area contributed by atoms with Crippen molar-refractivity contribution >= 4 is 23.0 Å². The number of rotatable bonds is 2. The van der Waals surface area contributed by atoms with Crippen LogP contribution < -0.4 is 15.4 Å². The van der Waals surface area contributed by atoms with Crippen LogP contribution in [0.2, 0.25) is 0 Å². The van der Waals surface area contributed by atoms with Crippen molar-refractivity contribution in [3.8, 4) is 0 Å². The normalized spacial score (nSPS) is 15.6. The Hall–Kier alpha value is -3.75. The minimum atomic E-state index is -0.155. The van der Waals surface area contributed by atoms with Gasteiger partial charge in [0, 0.05) is 56.1 Å². The molecule has 33 heavy (non-hydrogen) atoms. The fourth-order valence-electron chi connectivity index (χ4n) is 4.96. The van der Waals surface area contributed by atoms with E-state index >= 15 is 0 Å². The molecule has 6 heterocycles. The van der Waals surface area contributed by atoms with Gasteiger partial charge in [0.05, 0.1) is 17.6 Å². The standard InChI is InChI=1S/C24H26N8O/c1-15-9-21-26-16(2)11-23(33)32(21)28-24(15)29-8-5-20-18(14-29)12-19(13-25-20)30-6-4-7-31-22(30)10-17(3)27-31/h9-13H,4-8,14H2,1-3H3. The predicted octanol–water partition coefficient (Wildman–Crippen LogP) is 2.71. The van der Waals surface area contributed by atoms with E-state index in [1.807, 2.05) is 33.0 Å². The maximum Gasteiger partial charge on any atom is 0.274 e. The summed E-state index contributed by atoms with van der Waals surface area (Å²) < 4.78 is 3.48. The fourth-order valence-corrected chi connectivity index (χ4v) is 4.96. The Balaban J connectivity index is 1.35. The molecule has 0 saturated heterocycles. The summed E-state index contributed by atoms with van der Waals surface area (Å²) in [7, 11) is 0. The second kappa shape index (κ2) is 7.40. The number of nitrogens with zero attached hydrogens (tertiary/aromatic N) is 8. The first-order chi connectivity index (χ1) is 16.0. The molecule has 2 aliphatic heterocycles. The number of hydrogen-bond acceptors (Lipinski definition) is 7. The minimum Gasteiger partial charge on any atom is -0.350 e. The first kappa shape index (κ1) is 19.9. The van der Waals surface area contributed by atoms with E-state index in [9.17, 15) is 4.79 Å². The monoisotopic (exact) mass is 442 g/mol.